The van der Waals surface area contributed by atoms with Gasteiger partial charge in [0.2, 0.25) is 0 Å². The van der Waals surface area contributed by atoms with Gasteiger partial charge in [-0.05, 0) is 31.2 Å². The van der Waals surface area contributed by atoms with E-state index in [2.05, 4.69) is 10.3 Å². The topological polar surface area (TPSA) is 42.0 Å². The molecule has 0 saturated carbocycles. The van der Waals surface area contributed by atoms with E-state index in [0.717, 1.165) is 5.56 Å². The van der Waals surface area contributed by atoms with E-state index in [1.165, 1.54) is 17.4 Å². The van der Waals surface area contributed by atoms with Gasteiger partial charge in [-0.15, -0.1) is 0 Å². The molecule has 1 heterocycles. The van der Waals surface area contributed by atoms with Crippen molar-refractivity contribution in [3.8, 4) is 0 Å². The molecule has 0 aliphatic carbocycles. The number of rotatable bonds is 2. The molecule has 0 spiro atoms. The first-order valence-electron chi connectivity index (χ1n) is 6.06. The molecule has 100 valence electrons. The third kappa shape index (κ3) is 2.40. The Morgan fingerprint density at radius 3 is 2.65 bits per heavy atom. The molecular weight excluding hydrogens is 275 g/mol. The predicted octanol–water partition coefficient (Wildman–Crippen LogP) is 4.00. The number of carbonyl (C=O) groups excluding carboxylic acids is 1. The molecule has 3 aromatic rings. The fourth-order valence-electron chi connectivity index (χ4n) is 1.84. The van der Waals surface area contributed by atoms with Crippen molar-refractivity contribution >= 4 is 32.6 Å². The summed E-state index contributed by atoms with van der Waals surface area (Å²) in [6.07, 6.45) is 0. The number of anilines is 1. The number of nitrogens with zero attached hydrogens (tertiary/aromatic N) is 1. The zero-order valence-corrected chi connectivity index (χ0v) is 11.5. The highest BCUT2D eigenvalue weighted by Crippen LogP contribution is 2.27. The lowest BCUT2D eigenvalue weighted by Crippen LogP contribution is -2.11. The fourth-order valence-corrected chi connectivity index (χ4v) is 2.72. The van der Waals surface area contributed by atoms with Crippen molar-refractivity contribution in [3.05, 3.63) is 59.4 Å². The summed E-state index contributed by atoms with van der Waals surface area (Å²) >= 11 is 1.25. The second kappa shape index (κ2) is 5.02. The summed E-state index contributed by atoms with van der Waals surface area (Å²) in [7, 11) is 0. The molecule has 1 amide bonds. The first-order valence-corrected chi connectivity index (χ1v) is 6.88. The molecule has 0 unspecified atom stereocenters. The summed E-state index contributed by atoms with van der Waals surface area (Å²) in [5.74, 6) is -0.626. The minimum atomic E-state index is -0.380. The van der Waals surface area contributed by atoms with Crippen LogP contribution in [0.4, 0.5) is 9.52 Å². The Balaban J connectivity index is 1.87. The molecule has 0 aliphatic rings. The highest BCUT2D eigenvalue weighted by molar-refractivity contribution is 7.22. The summed E-state index contributed by atoms with van der Waals surface area (Å²) in [5.41, 5.74) is 1.93. The zero-order chi connectivity index (χ0) is 14.1. The van der Waals surface area contributed by atoms with Gasteiger partial charge in [0, 0.05) is 5.56 Å². The molecule has 1 aromatic heterocycles. The van der Waals surface area contributed by atoms with Crippen LogP contribution in [0.25, 0.3) is 10.2 Å². The summed E-state index contributed by atoms with van der Waals surface area (Å²) in [5, 5.41) is 3.09. The van der Waals surface area contributed by atoms with Gasteiger partial charge in [-0.1, -0.05) is 35.1 Å². The fraction of sp³-hybridized carbons (Fsp3) is 0.0667. The van der Waals surface area contributed by atoms with E-state index >= 15 is 0 Å². The minimum absolute atomic E-state index is 0.246. The van der Waals surface area contributed by atoms with E-state index in [4.69, 9.17) is 0 Å². The molecule has 0 radical (unpaired) electrons. The molecule has 0 aliphatic heterocycles. The molecule has 5 heteroatoms. The SMILES string of the molecule is Cc1ccc(C(=O)Nc2nc3c(F)cccc3s2)cc1. The first-order chi connectivity index (χ1) is 9.63. The number of para-hydroxylation sites is 1. The molecule has 20 heavy (non-hydrogen) atoms. The lowest BCUT2D eigenvalue weighted by molar-refractivity contribution is 0.102. The molecule has 1 N–H and O–H groups in total. The number of halogens is 1. The second-order valence-electron chi connectivity index (χ2n) is 4.43. The quantitative estimate of drug-likeness (QED) is 0.773. The number of carbonyl (C=O) groups is 1. The highest BCUT2D eigenvalue weighted by atomic mass is 32.1. The van der Waals surface area contributed by atoms with Gasteiger partial charge >= 0.3 is 0 Å². The number of hydrogen-bond donors (Lipinski definition) is 1. The Morgan fingerprint density at radius 1 is 1.20 bits per heavy atom. The highest BCUT2D eigenvalue weighted by Gasteiger charge is 2.11. The van der Waals surface area contributed by atoms with Crippen LogP contribution in [-0.4, -0.2) is 10.9 Å². The van der Waals surface area contributed by atoms with Gasteiger partial charge in [-0.25, -0.2) is 9.37 Å². The standard InChI is InChI=1S/C15H11FN2OS/c1-9-5-7-10(8-6-9)14(19)18-15-17-13-11(16)3-2-4-12(13)20-15/h2-8H,1H3,(H,17,18,19). The van der Waals surface area contributed by atoms with Crippen LogP contribution >= 0.6 is 11.3 Å². The Kier molecular flexibility index (Phi) is 3.20. The molecule has 0 saturated heterocycles. The Labute approximate surface area is 119 Å². The monoisotopic (exact) mass is 286 g/mol. The van der Waals surface area contributed by atoms with Gasteiger partial charge in [0.25, 0.3) is 5.91 Å². The van der Waals surface area contributed by atoms with E-state index in [9.17, 15) is 9.18 Å². The second-order valence-corrected chi connectivity index (χ2v) is 5.46. The van der Waals surface area contributed by atoms with Crippen LogP contribution in [0.3, 0.4) is 0 Å². The van der Waals surface area contributed by atoms with Crippen LogP contribution in [0.2, 0.25) is 0 Å². The number of nitrogens with one attached hydrogen (secondary N) is 1. The van der Waals surface area contributed by atoms with Crippen LogP contribution in [0.1, 0.15) is 15.9 Å². The predicted molar refractivity (Wildman–Crippen MR) is 78.7 cm³/mol. The van der Waals surface area contributed by atoms with E-state index in [-0.39, 0.29) is 17.2 Å². The normalized spacial score (nSPS) is 10.7. The number of fused-ring (bicyclic) bond motifs is 1. The zero-order valence-electron chi connectivity index (χ0n) is 10.7. The van der Waals surface area contributed by atoms with Crippen molar-refractivity contribution in [1.29, 1.82) is 0 Å². The van der Waals surface area contributed by atoms with Crippen LogP contribution in [-0.2, 0) is 0 Å². The lowest BCUT2D eigenvalue weighted by Gasteiger charge is -2.01. The van der Waals surface area contributed by atoms with Gasteiger partial charge < -0.3 is 0 Å². The molecule has 0 fully saturated rings. The third-order valence-corrected chi connectivity index (χ3v) is 3.84. The number of benzene rings is 2. The Morgan fingerprint density at radius 2 is 1.95 bits per heavy atom. The van der Waals surface area contributed by atoms with Crippen LogP contribution in [0.5, 0.6) is 0 Å². The van der Waals surface area contributed by atoms with Crippen molar-refractivity contribution in [1.82, 2.24) is 4.98 Å². The first kappa shape index (κ1) is 12.7. The van der Waals surface area contributed by atoms with Crippen molar-refractivity contribution in [2.75, 3.05) is 5.32 Å². The summed E-state index contributed by atoms with van der Waals surface area (Å²) in [6, 6.07) is 12.0. The Bertz CT molecular complexity index is 780. The average molecular weight is 286 g/mol. The molecule has 3 nitrogen and oxygen atoms in total. The maximum Gasteiger partial charge on any atom is 0.257 e. The maximum absolute atomic E-state index is 13.5. The van der Waals surface area contributed by atoms with Gasteiger partial charge in [-0.3, -0.25) is 10.1 Å². The van der Waals surface area contributed by atoms with Crippen molar-refractivity contribution < 1.29 is 9.18 Å². The number of aryl methyl sites for hydroxylation is 1. The average Bonchev–Trinajstić information content (AvgIpc) is 2.83. The number of hydrogen-bond acceptors (Lipinski definition) is 3. The Hall–Kier alpha value is -2.27. The molecule has 2 aromatic carbocycles. The summed E-state index contributed by atoms with van der Waals surface area (Å²) in [4.78, 5) is 16.2. The third-order valence-electron chi connectivity index (χ3n) is 2.90. The minimum Gasteiger partial charge on any atom is -0.298 e. The van der Waals surface area contributed by atoms with E-state index in [0.29, 0.717) is 15.4 Å². The smallest absolute Gasteiger partial charge is 0.257 e. The van der Waals surface area contributed by atoms with Crippen molar-refractivity contribution in [3.63, 3.8) is 0 Å². The molecular formula is C15H11FN2OS. The van der Waals surface area contributed by atoms with Gasteiger partial charge in [0.1, 0.15) is 11.3 Å². The van der Waals surface area contributed by atoms with Gasteiger partial charge in [-0.2, -0.15) is 0 Å². The van der Waals surface area contributed by atoms with Crippen molar-refractivity contribution in [2.45, 2.75) is 6.92 Å². The maximum atomic E-state index is 13.5. The molecule has 0 bridgehead atoms. The molecule has 3 rings (SSSR count). The van der Waals surface area contributed by atoms with E-state index in [1.54, 1.807) is 24.3 Å². The van der Waals surface area contributed by atoms with Crippen LogP contribution < -0.4 is 5.32 Å². The van der Waals surface area contributed by atoms with Crippen LogP contribution in [0, 0.1) is 12.7 Å². The number of amides is 1. The largest absolute Gasteiger partial charge is 0.298 e. The molecule has 0 atom stereocenters. The number of thiazole rings is 1. The van der Waals surface area contributed by atoms with Crippen molar-refractivity contribution in [2.24, 2.45) is 0 Å². The van der Waals surface area contributed by atoms with E-state index in [1.807, 2.05) is 19.1 Å². The number of aromatic nitrogens is 1. The van der Waals surface area contributed by atoms with Crippen LogP contribution in [0.15, 0.2) is 42.5 Å². The van der Waals surface area contributed by atoms with Gasteiger partial charge in [0.15, 0.2) is 5.13 Å². The summed E-state index contributed by atoms with van der Waals surface area (Å²) < 4.78 is 14.2. The summed E-state index contributed by atoms with van der Waals surface area (Å²) in [6.45, 7) is 1.96. The lowest BCUT2D eigenvalue weighted by atomic mass is 10.1. The van der Waals surface area contributed by atoms with E-state index < -0.39 is 0 Å². The van der Waals surface area contributed by atoms with Gasteiger partial charge in [0.05, 0.1) is 4.70 Å².